The van der Waals surface area contributed by atoms with Gasteiger partial charge in [-0.2, -0.15) is 0 Å². The van der Waals surface area contributed by atoms with Crippen molar-refractivity contribution in [2.45, 2.75) is 46.5 Å². The zero-order valence-corrected chi connectivity index (χ0v) is 22.6. The third kappa shape index (κ3) is 4.68. The molecule has 4 N–H and O–H groups in total. The molecule has 0 saturated heterocycles. The van der Waals surface area contributed by atoms with Gasteiger partial charge in [-0.15, -0.1) is 0 Å². The van der Waals surface area contributed by atoms with Gasteiger partial charge in [-0.25, -0.2) is 4.79 Å². The molecule has 1 aliphatic heterocycles. The number of hydrogen-bond donors (Lipinski definition) is 4. The lowest BCUT2D eigenvalue weighted by Crippen LogP contribution is -2.39. The molecular weight excluding hydrogens is 522 g/mol. The lowest BCUT2D eigenvalue weighted by molar-refractivity contribution is 0.0697. The highest BCUT2D eigenvalue weighted by molar-refractivity contribution is 6.31. The SMILES string of the molecule is Cc1ccc([C@H](Nc2c(Nc3ccc(Cl)c4c3C(O)N(c3ccc(C(=O)O)cc3)C4)c(=O)c2=O)C(C)(C)C)o1. The average Bonchev–Trinajstić information content (AvgIpc) is 3.47. The van der Waals surface area contributed by atoms with Crippen LogP contribution in [0.15, 0.2) is 62.5 Å². The first-order valence-electron chi connectivity index (χ1n) is 12.4. The standard InChI is InChI=1S/C29H28ClN3O6/c1-14-5-12-20(39-14)26(29(2,3)4)32-23-22(24(34)25(23)35)31-19-11-10-18(30)17-13-33(27(36)21(17)19)16-8-6-15(7-9-16)28(37)38/h5-12,26-27,31-32,36H,13H2,1-4H3,(H,37,38)/t26-,27?/m0/s1. The number of fused-ring (bicyclic) bond motifs is 1. The molecular formula is C29H28ClN3O6. The number of benzene rings is 2. The van der Waals surface area contributed by atoms with Gasteiger partial charge in [-0.1, -0.05) is 32.4 Å². The average molecular weight is 550 g/mol. The second-order valence-electron chi connectivity index (χ2n) is 10.8. The minimum absolute atomic E-state index is 0.0958. The molecule has 5 rings (SSSR count). The lowest BCUT2D eigenvalue weighted by Gasteiger charge is -2.32. The van der Waals surface area contributed by atoms with E-state index in [1.165, 1.54) is 12.1 Å². The zero-order chi connectivity index (χ0) is 28.2. The summed E-state index contributed by atoms with van der Waals surface area (Å²) in [6.07, 6.45) is -1.13. The van der Waals surface area contributed by atoms with Gasteiger partial charge in [0, 0.05) is 28.5 Å². The van der Waals surface area contributed by atoms with Crippen LogP contribution in [-0.2, 0) is 6.54 Å². The van der Waals surface area contributed by atoms with E-state index in [9.17, 15) is 24.6 Å². The maximum absolute atomic E-state index is 12.7. The molecule has 1 aliphatic rings. The summed E-state index contributed by atoms with van der Waals surface area (Å²) in [5.74, 6) is 0.332. The predicted molar refractivity (Wildman–Crippen MR) is 150 cm³/mol. The number of carboxylic acids is 1. The highest BCUT2D eigenvalue weighted by Crippen LogP contribution is 2.44. The molecule has 0 aliphatic carbocycles. The van der Waals surface area contributed by atoms with E-state index in [2.05, 4.69) is 10.6 Å². The number of carboxylic acid groups (broad SMARTS) is 1. The topological polar surface area (TPSA) is 132 Å². The van der Waals surface area contributed by atoms with Gasteiger partial charge in [0.15, 0.2) is 6.23 Å². The van der Waals surface area contributed by atoms with Crippen LogP contribution in [0.4, 0.5) is 22.7 Å². The van der Waals surface area contributed by atoms with Gasteiger partial charge in [0.1, 0.15) is 22.9 Å². The first-order chi connectivity index (χ1) is 18.4. The van der Waals surface area contributed by atoms with Gasteiger partial charge < -0.3 is 30.2 Å². The Morgan fingerprint density at radius 3 is 2.31 bits per heavy atom. The van der Waals surface area contributed by atoms with E-state index in [-0.39, 0.29) is 34.9 Å². The van der Waals surface area contributed by atoms with Crippen molar-refractivity contribution < 1.29 is 19.4 Å². The summed E-state index contributed by atoms with van der Waals surface area (Å²) >= 11 is 6.48. The molecule has 3 aromatic carbocycles. The van der Waals surface area contributed by atoms with Crippen LogP contribution in [-0.4, -0.2) is 16.2 Å². The van der Waals surface area contributed by atoms with Gasteiger partial charge in [0.2, 0.25) is 0 Å². The Bertz CT molecular complexity index is 1640. The number of aliphatic hydroxyl groups excluding tert-OH is 1. The van der Waals surface area contributed by atoms with Gasteiger partial charge in [-0.3, -0.25) is 9.59 Å². The Hall–Kier alpha value is -4.08. The summed E-state index contributed by atoms with van der Waals surface area (Å²) in [5.41, 5.74) is 0.872. The Labute approximate surface area is 229 Å². The van der Waals surface area contributed by atoms with Crippen LogP contribution in [0.25, 0.3) is 0 Å². The quantitative estimate of drug-likeness (QED) is 0.221. The molecule has 1 unspecified atom stereocenters. The van der Waals surface area contributed by atoms with Gasteiger partial charge >= 0.3 is 5.97 Å². The lowest BCUT2D eigenvalue weighted by atomic mass is 9.85. The molecule has 0 amide bonds. The number of aryl methyl sites for hydroxylation is 1. The molecule has 1 aromatic heterocycles. The summed E-state index contributed by atoms with van der Waals surface area (Å²) in [6.45, 7) is 8.10. The number of hydrogen-bond acceptors (Lipinski definition) is 8. The number of anilines is 4. The van der Waals surface area contributed by atoms with E-state index in [0.717, 1.165) is 5.76 Å². The fourth-order valence-corrected chi connectivity index (χ4v) is 5.12. The minimum atomic E-state index is -1.13. The van der Waals surface area contributed by atoms with E-state index < -0.39 is 23.1 Å². The second kappa shape index (κ2) is 9.59. The predicted octanol–water partition coefficient (Wildman–Crippen LogP) is 5.49. The number of aromatic carboxylic acids is 1. The number of carbonyl (C=O) groups is 1. The summed E-state index contributed by atoms with van der Waals surface area (Å²) < 4.78 is 5.83. The van der Waals surface area contributed by atoms with Gasteiger partial charge in [-0.05, 0) is 66.4 Å². The van der Waals surface area contributed by atoms with Crippen LogP contribution in [0, 0.1) is 12.3 Å². The summed E-state index contributed by atoms with van der Waals surface area (Å²) in [4.78, 5) is 38.3. The Kier molecular flexibility index (Phi) is 6.52. The van der Waals surface area contributed by atoms with Crippen molar-refractivity contribution in [1.29, 1.82) is 0 Å². The maximum Gasteiger partial charge on any atom is 0.335 e. The fraction of sp³-hybridized carbons (Fsp3) is 0.276. The van der Waals surface area contributed by atoms with E-state index >= 15 is 0 Å². The summed E-state index contributed by atoms with van der Waals surface area (Å²) in [6, 6.07) is 12.8. The van der Waals surface area contributed by atoms with E-state index in [4.69, 9.17) is 16.0 Å². The van der Waals surface area contributed by atoms with Crippen LogP contribution in [0.2, 0.25) is 5.02 Å². The van der Waals surface area contributed by atoms with Crippen molar-refractivity contribution in [3.8, 4) is 0 Å². The Balaban J connectivity index is 1.47. The number of rotatable bonds is 7. The molecule has 0 fully saturated rings. The largest absolute Gasteiger partial charge is 0.478 e. The highest BCUT2D eigenvalue weighted by atomic mass is 35.5. The van der Waals surface area contributed by atoms with Gasteiger partial charge in [0.25, 0.3) is 10.9 Å². The van der Waals surface area contributed by atoms with E-state index in [1.807, 2.05) is 39.8 Å². The Morgan fingerprint density at radius 1 is 1.05 bits per heavy atom. The second-order valence-corrected chi connectivity index (χ2v) is 11.2. The minimum Gasteiger partial charge on any atom is -0.478 e. The smallest absolute Gasteiger partial charge is 0.335 e. The highest BCUT2D eigenvalue weighted by Gasteiger charge is 2.36. The van der Waals surface area contributed by atoms with Crippen LogP contribution in [0.3, 0.4) is 0 Å². The van der Waals surface area contributed by atoms with Crippen molar-refractivity contribution in [3.05, 3.63) is 102 Å². The first-order valence-corrected chi connectivity index (χ1v) is 12.8. The molecule has 2 heterocycles. The molecule has 0 radical (unpaired) electrons. The molecule has 9 nitrogen and oxygen atoms in total. The zero-order valence-electron chi connectivity index (χ0n) is 21.8. The summed E-state index contributed by atoms with van der Waals surface area (Å²) in [7, 11) is 0. The van der Waals surface area contributed by atoms with Crippen molar-refractivity contribution in [2.75, 3.05) is 15.5 Å². The van der Waals surface area contributed by atoms with E-state index in [0.29, 0.717) is 33.3 Å². The normalized spacial score (nSPS) is 15.8. The van der Waals surface area contributed by atoms with E-state index in [1.54, 1.807) is 29.2 Å². The number of furan rings is 1. The molecule has 0 spiro atoms. The van der Waals surface area contributed by atoms with Crippen molar-refractivity contribution in [3.63, 3.8) is 0 Å². The van der Waals surface area contributed by atoms with Crippen molar-refractivity contribution in [2.24, 2.45) is 5.41 Å². The van der Waals surface area contributed by atoms with Crippen LogP contribution in [0.1, 0.15) is 66.0 Å². The molecule has 39 heavy (non-hydrogen) atoms. The Morgan fingerprint density at radius 2 is 1.72 bits per heavy atom. The third-order valence-electron chi connectivity index (χ3n) is 7.00. The molecule has 0 bridgehead atoms. The number of nitrogens with zero attached hydrogens (tertiary/aromatic N) is 1. The fourth-order valence-electron chi connectivity index (χ4n) is 4.89. The number of nitrogens with one attached hydrogen (secondary N) is 2. The van der Waals surface area contributed by atoms with Crippen molar-refractivity contribution >= 4 is 40.3 Å². The van der Waals surface area contributed by atoms with Crippen LogP contribution >= 0.6 is 11.6 Å². The monoisotopic (exact) mass is 549 g/mol. The molecule has 4 aromatic rings. The molecule has 0 saturated carbocycles. The van der Waals surface area contributed by atoms with Crippen LogP contribution < -0.4 is 26.4 Å². The molecule has 10 heteroatoms. The van der Waals surface area contributed by atoms with Crippen LogP contribution in [0.5, 0.6) is 0 Å². The third-order valence-corrected chi connectivity index (χ3v) is 7.35. The molecule has 2 atom stereocenters. The maximum atomic E-state index is 12.7. The number of halogens is 1. The summed E-state index contributed by atoms with van der Waals surface area (Å²) in [5, 5.41) is 27.2. The van der Waals surface area contributed by atoms with Crippen molar-refractivity contribution in [1.82, 2.24) is 0 Å². The first kappa shape index (κ1) is 26.5. The number of aliphatic hydroxyl groups is 1. The molecule has 202 valence electrons. The van der Waals surface area contributed by atoms with Gasteiger partial charge in [0.05, 0.1) is 11.6 Å².